The first-order valence-electron chi connectivity index (χ1n) is 6.67. The summed E-state index contributed by atoms with van der Waals surface area (Å²) in [5, 5.41) is 8.21. The van der Waals surface area contributed by atoms with Crippen molar-refractivity contribution in [1.29, 1.82) is 5.41 Å². The molecule has 1 heterocycles. The summed E-state index contributed by atoms with van der Waals surface area (Å²) in [5.74, 6) is -0.380. The van der Waals surface area contributed by atoms with Gasteiger partial charge < -0.3 is 10.1 Å². The van der Waals surface area contributed by atoms with E-state index in [9.17, 15) is 4.79 Å². The Labute approximate surface area is 126 Å². The van der Waals surface area contributed by atoms with Crippen LogP contribution >= 0.6 is 15.9 Å². The Morgan fingerprint density at radius 2 is 2.15 bits per heavy atom. The highest BCUT2D eigenvalue weighted by Gasteiger charge is 2.25. The van der Waals surface area contributed by atoms with E-state index >= 15 is 0 Å². The number of halogens is 1. The van der Waals surface area contributed by atoms with Gasteiger partial charge in [-0.15, -0.1) is 0 Å². The Morgan fingerprint density at radius 3 is 2.80 bits per heavy atom. The number of carbonyl (C=O) groups excluding carboxylic acids is 1. The van der Waals surface area contributed by atoms with E-state index in [1.807, 2.05) is 13.0 Å². The van der Waals surface area contributed by atoms with Gasteiger partial charge >= 0.3 is 5.97 Å². The quantitative estimate of drug-likeness (QED) is 0.680. The number of esters is 1. The molecule has 4 nitrogen and oxygen atoms in total. The Balaban J connectivity index is 2.47. The van der Waals surface area contributed by atoms with Gasteiger partial charge in [-0.2, -0.15) is 0 Å². The average Bonchev–Trinajstić information content (AvgIpc) is 2.54. The van der Waals surface area contributed by atoms with Crippen LogP contribution in [0.2, 0.25) is 0 Å². The Kier molecular flexibility index (Phi) is 4.70. The summed E-state index contributed by atoms with van der Waals surface area (Å²) in [6.45, 7) is 4.11. The molecule has 0 radical (unpaired) electrons. The molecule has 0 aromatic carbocycles. The number of hydrogen-bond donors (Lipinski definition) is 1. The molecular weight excluding hydrogens is 320 g/mol. The highest BCUT2D eigenvalue weighted by molar-refractivity contribution is 9.10. The van der Waals surface area contributed by atoms with Crippen molar-refractivity contribution in [3.8, 4) is 0 Å². The minimum absolute atomic E-state index is 0.322. The van der Waals surface area contributed by atoms with Crippen LogP contribution < -0.4 is 0 Å². The van der Waals surface area contributed by atoms with Crippen LogP contribution in [0.3, 0.4) is 0 Å². The van der Waals surface area contributed by atoms with Crippen LogP contribution in [-0.2, 0) is 22.4 Å². The number of ether oxygens (including phenoxy) is 1. The number of carbonyl (C=O) groups is 1. The molecule has 5 heteroatoms. The van der Waals surface area contributed by atoms with Gasteiger partial charge in [-0.25, -0.2) is 9.78 Å². The van der Waals surface area contributed by atoms with Gasteiger partial charge in [0.25, 0.3) is 0 Å². The molecule has 1 N–H and O–H groups in total. The molecule has 0 spiro atoms. The number of fused-ring (bicyclic) bond motifs is 1. The molecule has 106 valence electrons. The molecule has 0 amide bonds. The molecule has 0 unspecified atom stereocenters. The largest absolute Gasteiger partial charge is 0.462 e. The third kappa shape index (κ3) is 2.98. The van der Waals surface area contributed by atoms with E-state index in [1.165, 1.54) is 0 Å². The van der Waals surface area contributed by atoms with Gasteiger partial charge in [0, 0.05) is 12.6 Å². The lowest BCUT2D eigenvalue weighted by Crippen LogP contribution is -2.18. The first-order valence-corrected chi connectivity index (χ1v) is 7.46. The predicted molar refractivity (Wildman–Crippen MR) is 81.0 cm³/mol. The molecule has 0 saturated heterocycles. The number of rotatable bonds is 3. The van der Waals surface area contributed by atoms with Crippen LogP contribution in [0, 0.1) is 5.41 Å². The van der Waals surface area contributed by atoms with Crippen molar-refractivity contribution in [2.24, 2.45) is 0 Å². The second kappa shape index (κ2) is 6.31. The zero-order valence-electron chi connectivity index (χ0n) is 11.6. The molecule has 2 rings (SSSR count). The van der Waals surface area contributed by atoms with Gasteiger partial charge in [0.05, 0.1) is 17.9 Å². The monoisotopic (exact) mass is 336 g/mol. The van der Waals surface area contributed by atoms with Crippen molar-refractivity contribution in [3.05, 3.63) is 39.1 Å². The Morgan fingerprint density at radius 1 is 1.40 bits per heavy atom. The van der Waals surface area contributed by atoms with Gasteiger partial charge in [0.15, 0.2) is 0 Å². The molecule has 1 aromatic heterocycles. The number of allylic oxidation sites excluding steroid dienone is 1. The molecule has 0 fully saturated rings. The summed E-state index contributed by atoms with van der Waals surface area (Å²) in [4.78, 5) is 16.3. The van der Waals surface area contributed by atoms with E-state index in [4.69, 9.17) is 10.1 Å². The molecule has 0 bridgehead atoms. The third-order valence-electron chi connectivity index (χ3n) is 3.38. The van der Waals surface area contributed by atoms with Gasteiger partial charge in [-0.1, -0.05) is 6.92 Å². The molecule has 1 aromatic rings. The maximum absolute atomic E-state index is 12.1. The maximum Gasteiger partial charge on any atom is 0.339 e. The molecule has 0 aliphatic heterocycles. The SMILES string of the molecule is CCOC(=O)C1=C(CC)Cc2cc(Br)ncc2CC1=N. The molecular formula is C15H17BrN2O2. The van der Waals surface area contributed by atoms with Crippen LogP contribution in [-0.4, -0.2) is 23.3 Å². The van der Waals surface area contributed by atoms with Gasteiger partial charge in [0.1, 0.15) is 4.60 Å². The highest BCUT2D eigenvalue weighted by Crippen LogP contribution is 2.27. The van der Waals surface area contributed by atoms with Crippen LogP contribution in [0.1, 0.15) is 31.4 Å². The normalized spacial score (nSPS) is 14.8. The van der Waals surface area contributed by atoms with Gasteiger partial charge in [-0.3, -0.25) is 0 Å². The van der Waals surface area contributed by atoms with Gasteiger partial charge in [0.2, 0.25) is 0 Å². The highest BCUT2D eigenvalue weighted by atomic mass is 79.9. The van der Waals surface area contributed by atoms with Crippen molar-refractivity contribution in [2.75, 3.05) is 6.61 Å². The predicted octanol–water partition coefficient (Wildman–Crippen LogP) is 3.23. The maximum atomic E-state index is 12.1. The lowest BCUT2D eigenvalue weighted by Gasteiger charge is -2.10. The zero-order chi connectivity index (χ0) is 14.7. The fraction of sp³-hybridized carbons (Fsp3) is 0.400. The summed E-state index contributed by atoms with van der Waals surface area (Å²) < 4.78 is 5.88. The standard InChI is InChI=1S/C15H17BrN2O2/c1-3-9-5-10-7-13(16)18-8-11(10)6-12(17)14(9)15(19)20-4-2/h7-8,17H,3-6H2,1-2H3. The van der Waals surface area contributed by atoms with E-state index < -0.39 is 0 Å². The molecule has 0 atom stereocenters. The zero-order valence-corrected chi connectivity index (χ0v) is 13.2. The Bertz CT molecular complexity index is 594. The second-order valence-electron chi connectivity index (χ2n) is 4.66. The van der Waals surface area contributed by atoms with Crippen LogP contribution in [0.4, 0.5) is 0 Å². The minimum atomic E-state index is -0.380. The van der Waals surface area contributed by atoms with E-state index in [1.54, 1.807) is 13.1 Å². The minimum Gasteiger partial charge on any atom is -0.462 e. The van der Waals surface area contributed by atoms with Crippen LogP contribution in [0.15, 0.2) is 28.0 Å². The molecule has 20 heavy (non-hydrogen) atoms. The summed E-state index contributed by atoms with van der Waals surface area (Å²) in [6, 6.07) is 1.96. The van der Waals surface area contributed by atoms with Crippen molar-refractivity contribution in [1.82, 2.24) is 4.98 Å². The van der Waals surface area contributed by atoms with Crippen LogP contribution in [0.25, 0.3) is 0 Å². The molecule has 0 saturated carbocycles. The molecule has 1 aliphatic carbocycles. The second-order valence-corrected chi connectivity index (χ2v) is 5.47. The lowest BCUT2D eigenvalue weighted by molar-refractivity contribution is -0.137. The van der Waals surface area contributed by atoms with Crippen molar-refractivity contribution in [3.63, 3.8) is 0 Å². The summed E-state index contributed by atoms with van der Waals surface area (Å²) in [7, 11) is 0. The Hall–Kier alpha value is -1.49. The third-order valence-corrected chi connectivity index (χ3v) is 3.82. The molecule has 1 aliphatic rings. The fourth-order valence-corrected chi connectivity index (χ4v) is 2.78. The van der Waals surface area contributed by atoms with E-state index in [2.05, 4.69) is 20.9 Å². The average molecular weight is 337 g/mol. The number of pyridine rings is 1. The van der Waals surface area contributed by atoms with Crippen molar-refractivity contribution < 1.29 is 9.53 Å². The number of nitrogens with one attached hydrogen (secondary N) is 1. The first kappa shape index (κ1) is 14.9. The number of hydrogen-bond acceptors (Lipinski definition) is 4. The van der Waals surface area contributed by atoms with E-state index in [0.29, 0.717) is 30.7 Å². The summed E-state index contributed by atoms with van der Waals surface area (Å²) >= 11 is 3.37. The summed E-state index contributed by atoms with van der Waals surface area (Å²) in [5.41, 5.74) is 3.85. The van der Waals surface area contributed by atoms with Crippen molar-refractivity contribution in [2.45, 2.75) is 33.1 Å². The fourth-order valence-electron chi connectivity index (χ4n) is 2.40. The number of nitrogens with zero attached hydrogens (tertiary/aromatic N) is 1. The first-order chi connectivity index (χ1) is 9.56. The van der Waals surface area contributed by atoms with Gasteiger partial charge in [-0.05, 0) is 58.5 Å². The lowest BCUT2D eigenvalue weighted by atomic mass is 9.98. The van der Waals surface area contributed by atoms with E-state index in [0.717, 1.165) is 27.7 Å². The van der Waals surface area contributed by atoms with Crippen molar-refractivity contribution >= 4 is 27.6 Å². The van der Waals surface area contributed by atoms with Crippen LogP contribution in [0.5, 0.6) is 0 Å². The van der Waals surface area contributed by atoms with E-state index in [-0.39, 0.29) is 5.97 Å². The topological polar surface area (TPSA) is 63.0 Å². The number of aromatic nitrogens is 1. The smallest absolute Gasteiger partial charge is 0.339 e. The summed E-state index contributed by atoms with van der Waals surface area (Å²) in [6.07, 6.45) is 3.60.